The Morgan fingerprint density at radius 1 is 0.333 bits per heavy atom. The van der Waals surface area contributed by atoms with Gasteiger partial charge in [0.25, 0.3) is 0 Å². The number of para-hydroxylation sites is 1. The van der Waals surface area contributed by atoms with E-state index in [1.165, 1.54) is 57.9 Å². The number of rotatable bonds is 4. The Balaban J connectivity index is 1.10. The lowest BCUT2D eigenvalue weighted by molar-refractivity contribution is 1.19. The van der Waals surface area contributed by atoms with Crippen molar-refractivity contribution in [3.05, 3.63) is 188 Å². The van der Waals surface area contributed by atoms with E-state index in [0.29, 0.717) is 5.82 Å². The molecular formula is C53H31N3S. The molecule has 9 aromatic carbocycles. The second-order valence-electron chi connectivity index (χ2n) is 14.7. The van der Waals surface area contributed by atoms with Gasteiger partial charge in [0.05, 0.1) is 22.6 Å². The summed E-state index contributed by atoms with van der Waals surface area (Å²) in [6.07, 6.45) is 0. The average molecular weight is 742 g/mol. The van der Waals surface area contributed by atoms with Crippen LogP contribution in [-0.2, 0) is 0 Å². The van der Waals surface area contributed by atoms with Crippen molar-refractivity contribution in [1.29, 1.82) is 0 Å². The fourth-order valence-electron chi connectivity index (χ4n) is 8.85. The summed E-state index contributed by atoms with van der Waals surface area (Å²) < 4.78 is 2.54. The average Bonchev–Trinajstić information content (AvgIpc) is 3.69. The summed E-state index contributed by atoms with van der Waals surface area (Å²) in [5, 5.41) is 13.4. The van der Waals surface area contributed by atoms with Crippen molar-refractivity contribution < 1.29 is 0 Å². The van der Waals surface area contributed by atoms with Gasteiger partial charge in [0, 0.05) is 47.8 Å². The molecule has 0 spiro atoms. The van der Waals surface area contributed by atoms with Gasteiger partial charge in [0.2, 0.25) is 0 Å². The second kappa shape index (κ2) is 12.6. The van der Waals surface area contributed by atoms with Crippen molar-refractivity contribution in [2.24, 2.45) is 0 Å². The number of fused-ring (bicyclic) bond motifs is 12. The van der Waals surface area contributed by atoms with Crippen LogP contribution in [-0.4, -0.2) is 15.0 Å². The fourth-order valence-corrected chi connectivity index (χ4v) is 10.1. The first-order valence-corrected chi connectivity index (χ1v) is 20.1. The van der Waals surface area contributed by atoms with Gasteiger partial charge in [-0.05, 0) is 67.4 Å². The Labute approximate surface area is 332 Å². The number of thiophene rings is 1. The van der Waals surface area contributed by atoms with Gasteiger partial charge in [-0.3, -0.25) is 0 Å². The van der Waals surface area contributed by atoms with Crippen LogP contribution in [0.15, 0.2) is 188 Å². The smallest absolute Gasteiger partial charge is 0.160 e. The predicted molar refractivity (Wildman–Crippen MR) is 242 cm³/mol. The molecule has 4 heteroatoms. The summed E-state index contributed by atoms with van der Waals surface area (Å²) in [5.41, 5.74) is 7.97. The highest BCUT2D eigenvalue weighted by Crippen LogP contribution is 2.45. The third-order valence-electron chi connectivity index (χ3n) is 11.5. The summed E-state index contributed by atoms with van der Waals surface area (Å²) >= 11 is 1.85. The maximum absolute atomic E-state index is 5.40. The lowest BCUT2D eigenvalue weighted by Gasteiger charge is -2.15. The van der Waals surface area contributed by atoms with Crippen LogP contribution in [0.25, 0.3) is 119 Å². The minimum absolute atomic E-state index is 0.697. The van der Waals surface area contributed by atoms with Crippen molar-refractivity contribution in [1.82, 2.24) is 15.0 Å². The number of benzene rings is 9. The molecule has 0 aliphatic carbocycles. The summed E-state index contributed by atoms with van der Waals surface area (Å²) in [5.74, 6) is 0.697. The molecule has 0 aliphatic rings. The summed E-state index contributed by atoms with van der Waals surface area (Å²) in [4.78, 5) is 16.0. The molecular weight excluding hydrogens is 711 g/mol. The number of nitrogens with zero attached hydrogens (tertiary/aromatic N) is 3. The highest BCUT2D eigenvalue weighted by atomic mass is 32.1. The van der Waals surface area contributed by atoms with E-state index in [-0.39, 0.29) is 0 Å². The van der Waals surface area contributed by atoms with E-state index in [0.717, 1.165) is 55.6 Å². The van der Waals surface area contributed by atoms with Gasteiger partial charge in [-0.15, -0.1) is 11.3 Å². The Morgan fingerprint density at radius 3 is 1.61 bits per heavy atom. The SMILES string of the molecule is c1ccc(-c2nc(-c3ccc4c5ccccc5c5ccccc5c4c3)cc(-c3ccc(-c4nc5ccccc5c5sc6ccccc6c45)c4ccccc34)n2)cc1. The molecule has 3 nitrogen and oxygen atoms in total. The van der Waals surface area contributed by atoms with Gasteiger partial charge in [-0.2, -0.15) is 0 Å². The van der Waals surface area contributed by atoms with E-state index in [2.05, 4.69) is 170 Å². The van der Waals surface area contributed by atoms with Gasteiger partial charge < -0.3 is 0 Å². The van der Waals surface area contributed by atoms with Crippen LogP contribution in [0.4, 0.5) is 0 Å². The van der Waals surface area contributed by atoms with Crippen molar-refractivity contribution in [2.45, 2.75) is 0 Å². The van der Waals surface area contributed by atoms with Crippen LogP contribution in [0.5, 0.6) is 0 Å². The topological polar surface area (TPSA) is 38.7 Å². The van der Waals surface area contributed by atoms with Gasteiger partial charge in [-0.25, -0.2) is 15.0 Å². The Kier molecular flexibility index (Phi) is 7.10. The molecule has 0 fully saturated rings. The molecule has 0 radical (unpaired) electrons. The monoisotopic (exact) mass is 741 g/mol. The minimum Gasteiger partial charge on any atom is -0.247 e. The first-order chi connectivity index (χ1) is 28.3. The molecule has 0 amide bonds. The molecule has 0 N–H and O–H groups in total. The van der Waals surface area contributed by atoms with Crippen LogP contribution in [0, 0.1) is 0 Å². The normalized spacial score (nSPS) is 11.9. The van der Waals surface area contributed by atoms with Gasteiger partial charge in [0.15, 0.2) is 5.82 Å². The number of hydrogen-bond donors (Lipinski definition) is 0. The Hall–Kier alpha value is -7.27. The highest BCUT2D eigenvalue weighted by molar-refractivity contribution is 7.26. The number of hydrogen-bond acceptors (Lipinski definition) is 4. The third-order valence-corrected chi connectivity index (χ3v) is 12.7. The van der Waals surface area contributed by atoms with E-state index in [4.69, 9.17) is 15.0 Å². The molecule has 12 aromatic rings. The number of aromatic nitrogens is 3. The van der Waals surface area contributed by atoms with Crippen molar-refractivity contribution in [3.8, 4) is 45.2 Å². The van der Waals surface area contributed by atoms with E-state index >= 15 is 0 Å². The zero-order chi connectivity index (χ0) is 37.5. The zero-order valence-corrected chi connectivity index (χ0v) is 31.5. The van der Waals surface area contributed by atoms with Crippen LogP contribution in [0.2, 0.25) is 0 Å². The molecule has 57 heavy (non-hydrogen) atoms. The van der Waals surface area contributed by atoms with Gasteiger partial charge in [-0.1, -0.05) is 164 Å². The zero-order valence-electron chi connectivity index (χ0n) is 30.6. The van der Waals surface area contributed by atoms with Gasteiger partial charge in [0.1, 0.15) is 0 Å². The molecule has 0 aliphatic heterocycles. The van der Waals surface area contributed by atoms with Gasteiger partial charge >= 0.3 is 0 Å². The maximum atomic E-state index is 5.40. The Morgan fingerprint density at radius 2 is 0.877 bits per heavy atom. The molecule has 0 unspecified atom stereocenters. The van der Waals surface area contributed by atoms with Crippen molar-refractivity contribution in [2.75, 3.05) is 0 Å². The fraction of sp³-hybridized carbons (Fsp3) is 0. The van der Waals surface area contributed by atoms with Crippen molar-refractivity contribution >= 4 is 85.5 Å². The van der Waals surface area contributed by atoms with E-state index in [9.17, 15) is 0 Å². The summed E-state index contributed by atoms with van der Waals surface area (Å²) in [6, 6.07) is 67.1. The summed E-state index contributed by atoms with van der Waals surface area (Å²) in [7, 11) is 0. The second-order valence-corrected chi connectivity index (χ2v) is 15.7. The molecule has 0 saturated carbocycles. The molecule has 12 rings (SSSR count). The molecule has 3 aromatic heterocycles. The van der Waals surface area contributed by atoms with Crippen LogP contribution in [0.3, 0.4) is 0 Å². The quantitative estimate of drug-likeness (QED) is 0.169. The Bertz CT molecular complexity index is 3550. The predicted octanol–water partition coefficient (Wildman–Crippen LogP) is 14.7. The maximum Gasteiger partial charge on any atom is 0.160 e. The van der Waals surface area contributed by atoms with E-state index in [1.807, 2.05) is 29.5 Å². The molecule has 3 heterocycles. The first-order valence-electron chi connectivity index (χ1n) is 19.3. The van der Waals surface area contributed by atoms with Crippen molar-refractivity contribution in [3.63, 3.8) is 0 Å². The summed E-state index contributed by atoms with van der Waals surface area (Å²) in [6.45, 7) is 0. The largest absolute Gasteiger partial charge is 0.247 e. The molecule has 0 bridgehead atoms. The molecule has 264 valence electrons. The standard InChI is InChI=1S/C53H31N3S/c1-2-14-32(15-3-1)53-55-47(33-26-27-40-36-18-5-4-16-34(36)35-17-6-9-21-39(35)45(40)30-33)31-48(56-53)41-28-29-42(38-20-8-7-19-37(38)41)51-50-44-23-11-13-25-49(44)57-52(50)43-22-10-12-24-46(43)54-51/h1-31H. The third kappa shape index (κ3) is 5.01. The van der Waals surface area contributed by atoms with Crippen LogP contribution >= 0.6 is 11.3 Å². The van der Waals surface area contributed by atoms with Crippen LogP contribution in [0.1, 0.15) is 0 Å². The van der Waals surface area contributed by atoms with E-state index < -0.39 is 0 Å². The van der Waals surface area contributed by atoms with Crippen LogP contribution < -0.4 is 0 Å². The van der Waals surface area contributed by atoms with E-state index in [1.54, 1.807) is 0 Å². The molecule has 0 atom stereocenters. The molecule has 0 saturated heterocycles. The highest BCUT2D eigenvalue weighted by Gasteiger charge is 2.20. The lowest BCUT2D eigenvalue weighted by Crippen LogP contribution is -1.97. The number of pyridine rings is 1. The minimum atomic E-state index is 0.697. The lowest BCUT2D eigenvalue weighted by atomic mass is 9.92. The first kappa shape index (κ1) is 32.0.